The molecule has 0 radical (unpaired) electrons. The third kappa shape index (κ3) is 4.87. The third-order valence-corrected chi connectivity index (χ3v) is 6.04. The highest BCUT2D eigenvalue weighted by Gasteiger charge is 2.21. The Labute approximate surface area is 192 Å². The maximum Gasteiger partial charge on any atom is 0.233 e. The van der Waals surface area contributed by atoms with E-state index in [1.54, 1.807) is 25.6 Å². The van der Waals surface area contributed by atoms with E-state index >= 15 is 0 Å². The number of hydrogen-bond donors (Lipinski definition) is 2. The first kappa shape index (κ1) is 21.1. The van der Waals surface area contributed by atoms with Gasteiger partial charge in [-0.05, 0) is 43.0 Å². The van der Waals surface area contributed by atoms with Crippen LogP contribution in [0.4, 0.5) is 17.7 Å². The standard InChI is InChI=1S/C24H28N8O/c1-33-19-10-8-17(9-11-19)12-15-25-21-20-22(32(16-28-20)18-6-3-2-4-7-18)30-24(29-21)31-23-26-13-5-14-27-23/h5,8-11,13-14,16,18H,2-4,6-7,12,15H2,1H3,(H2,25,26,27,29,30,31). The largest absolute Gasteiger partial charge is 0.497 e. The second-order valence-corrected chi connectivity index (χ2v) is 8.23. The molecule has 0 spiro atoms. The van der Waals surface area contributed by atoms with Gasteiger partial charge in [0.25, 0.3) is 0 Å². The fourth-order valence-corrected chi connectivity index (χ4v) is 4.30. The highest BCUT2D eigenvalue weighted by molar-refractivity contribution is 5.84. The zero-order valence-electron chi connectivity index (χ0n) is 18.7. The number of imidazole rings is 1. The van der Waals surface area contributed by atoms with Crippen LogP contribution < -0.4 is 15.4 Å². The lowest BCUT2D eigenvalue weighted by atomic mass is 9.95. The average Bonchev–Trinajstić information content (AvgIpc) is 3.30. The molecule has 9 heteroatoms. The molecule has 1 saturated carbocycles. The fourth-order valence-electron chi connectivity index (χ4n) is 4.30. The van der Waals surface area contributed by atoms with Gasteiger partial charge >= 0.3 is 0 Å². The Morgan fingerprint density at radius 1 is 0.970 bits per heavy atom. The topological polar surface area (TPSA) is 103 Å². The van der Waals surface area contributed by atoms with E-state index in [1.165, 1.54) is 24.8 Å². The van der Waals surface area contributed by atoms with E-state index < -0.39 is 0 Å². The molecule has 4 aromatic rings. The predicted molar refractivity (Wildman–Crippen MR) is 128 cm³/mol. The molecule has 1 fully saturated rings. The van der Waals surface area contributed by atoms with Crippen molar-refractivity contribution in [2.45, 2.75) is 44.6 Å². The number of methoxy groups -OCH3 is 1. The van der Waals surface area contributed by atoms with Crippen LogP contribution in [0.1, 0.15) is 43.7 Å². The Kier molecular flexibility index (Phi) is 6.27. The number of fused-ring (bicyclic) bond motifs is 1. The van der Waals surface area contributed by atoms with Gasteiger partial charge in [0.1, 0.15) is 5.75 Å². The van der Waals surface area contributed by atoms with Crippen LogP contribution in [0.25, 0.3) is 11.2 Å². The molecule has 2 N–H and O–H groups in total. The Hall–Kier alpha value is -3.75. The van der Waals surface area contributed by atoms with Crippen molar-refractivity contribution in [2.75, 3.05) is 24.3 Å². The van der Waals surface area contributed by atoms with Crippen molar-refractivity contribution in [3.63, 3.8) is 0 Å². The smallest absolute Gasteiger partial charge is 0.233 e. The molecule has 1 aliphatic carbocycles. The molecule has 33 heavy (non-hydrogen) atoms. The van der Waals surface area contributed by atoms with Crippen LogP contribution in [0.5, 0.6) is 5.75 Å². The zero-order valence-corrected chi connectivity index (χ0v) is 18.7. The summed E-state index contributed by atoms with van der Waals surface area (Å²) >= 11 is 0. The van der Waals surface area contributed by atoms with Crippen LogP contribution >= 0.6 is 0 Å². The van der Waals surface area contributed by atoms with Crippen molar-refractivity contribution in [3.8, 4) is 5.75 Å². The molecule has 0 aliphatic heterocycles. The lowest BCUT2D eigenvalue weighted by Gasteiger charge is -2.23. The summed E-state index contributed by atoms with van der Waals surface area (Å²) < 4.78 is 7.46. The van der Waals surface area contributed by atoms with Crippen molar-refractivity contribution < 1.29 is 4.74 Å². The molecule has 0 saturated heterocycles. The van der Waals surface area contributed by atoms with Crippen LogP contribution in [0.2, 0.25) is 0 Å². The molecule has 0 amide bonds. The summed E-state index contributed by atoms with van der Waals surface area (Å²) in [7, 11) is 1.68. The van der Waals surface area contributed by atoms with E-state index in [4.69, 9.17) is 19.7 Å². The first-order chi connectivity index (χ1) is 16.3. The summed E-state index contributed by atoms with van der Waals surface area (Å²) in [6.45, 7) is 0.718. The molecule has 1 aliphatic rings. The van der Waals surface area contributed by atoms with Crippen molar-refractivity contribution in [3.05, 3.63) is 54.6 Å². The minimum absolute atomic E-state index is 0.423. The molecule has 1 aromatic carbocycles. The lowest BCUT2D eigenvalue weighted by Crippen LogP contribution is -2.14. The summed E-state index contributed by atoms with van der Waals surface area (Å²) in [5.74, 6) is 2.49. The van der Waals surface area contributed by atoms with Gasteiger partial charge in [0, 0.05) is 25.0 Å². The second-order valence-electron chi connectivity index (χ2n) is 8.23. The van der Waals surface area contributed by atoms with Crippen molar-refractivity contribution in [1.29, 1.82) is 0 Å². The second kappa shape index (κ2) is 9.81. The lowest BCUT2D eigenvalue weighted by molar-refractivity contribution is 0.358. The zero-order chi connectivity index (χ0) is 22.5. The van der Waals surface area contributed by atoms with E-state index in [-0.39, 0.29) is 0 Å². The molecule has 0 unspecified atom stereocenters. The fraction of sp³-hybridized carbons (Fsp3) is 0.375. The number of nitrogens with one attached hydrogen (secondary N) is 2. The highest BCUT2D eigenvalue weighted by atomic mass is 16.5. The van der Waals surface area contributed by atoms with Gasteiger partial charge in [0.15, 0.2) is 17.0 Å². The molecule has 0 atom stereocenters. The number of aromatic nitrogens is 6. The Morgan fingerprint density at radius 3 is 2.52 bits per heavy atom. The maximum absolute atomic E-state index is 5.25. The Morgan fingerprint density at radius 2 is 1.76 bits per heavy atom. The Bertz CT molecular complexity index is 1190. The minimum atomic E-state index is 0.423. The number of benzene rings is 1. The monoisotopic (exact) mass is 444 g/mol. The van der Waals surface area contributed by atoms with Gasteiger partial charge in [-0.1, -0.05) is 31.4 Å². The van der Waals surface area contributed by atoms with E-state index in [2.05, 4.69) is 37.3 Å². The van der Waals surface area contributed by atoms with E-state index in [9.17, 15) is 0 Å². The summed E-state index contributed by atoms with van der Waals surface area (Å²) in [6.07, 6.45) is 12.2. The number of rotatable bonds is 8. The van der Waals surface area contributed by atoms with Gasteiger partial charge in [-0.15, -0.1) is 0 Å². The van der Waals surface area contributed by atoms with Crippen LogP contribution in [0.15, 0.2) is 49.1 Å². The SMILES string of the molecule is COc1ccc(CCNc2nc(Nc3ncccn3)nc3c2ncn3C2CCCCC2)cc1. The van der Waals surface area contributed by atoms with E-state index in [0.717, 1.165) is 42.7 Å². The van der Waals surface area contributed by atoms with Crippen LogP contribution in [-0.2, 0) is 6.42 Å². The van der Waals surface area contributed by atoms with Gasteiger partial charge in [-0.3, -0.25) is 5.32 Å². The number of anilines is 3. The Balaban J connectivity index is 1.41. The van der Waals surface area contributed by atoms with Crippen LogP contribution in [0, 0.1) is 0 Å². The quantitative estimate of drug-likeness (QED) is 0.409. The first-order valence-corrected chi connectivity index (χ1v) is 11.5. The summed E-state index contributed by atoms with van der Waals surface area (Å²) in [6, 6.07) is 10.3. The summed E-state index contributed by atoms with van der Waals surface area (Å²) in [5.41, 5.74) is 2.84. The summed E-state index contributed by atoms with van der Waals surface area (Å²) in [4.78, 5) is 22.7. The van der Waals surface area contributed by atoms with Crippen LogP contribution in [-0.4, -0.2) is 43.1 Å². The van der Waals surface area contributed by atoms with E-state index in [0.29, 0.717) is 23.8 Å². The molecule has 0 bridgehead atoms. The van der Waals surface area contributed by atoms with Crippen molar-refractivity contribution >= 4 is 28.9 Å². The average molecular weight is 445 g/mol. The highest BCUT2D eigenvalue weighted by Crippen LogP contribution is 2.32. The molecular formula is C24H28N8O. The molecular weight excluding hydrogens is 416 g/mol. The normalized spacial score (nSPS) is 14.3. The number of ether oxygens (including phenoxy) is 1. The van der Waals surface area contributed by atoms with Gasteiger partial charge < -0.3 is 14.6 Å². The van der Waals surface area contributed by atoms with Gasteiger partial charge in [-0.2, -0.15) is 9.97 Å². The van der Waals surface area contributed by atoms with Crippen molar-refractivity contribution in [2.24, 2.45) is 0 Å². The molecule has 3 aromatic heterocycles. The van der Waals surface area contributed by atoms with E-state index in [1.807, 2.05) is 18.5 Å². The number of hydrogen-bond acceptors (Lipinski definition) is 8. The first-order valence-electron chi connectivity index (χ1n) is 11.5. The van der Waals surface area contributed by atoms with Gasteiger partial charge in [0.2, 0.25) is 11.9 Å². The molecule has 5 rings (SSSR count). The number of nitrogens with zero attached hydrogens (tertiary/aromatic N) is 6. The minimum Gasteiger partial charge on any atom is -0.497 e. The van der Waals surface area contributed by atoms with Gasteiger partial charge in [-0.25, -0.2) is 15.0 Å². The van der Waals surface area contributed by atoms with Gasteiger partial charge in [0.05, 0.1) is 13.4 Å². The van der Waals surface area contributed by atoms with Crippen LogP contribution in [0.3, 0.4) is 0 Å². The molecule has 170 valence electrons. The third-order valence-electron chi connectivity index (χ3n) is 6.04. The van der Waals surface area contributed by atoms with Crippen molar-refractivity contribution in [1.82, 2.24) is 29.5 Å². The maximum atomic E-state index is 5.25. The predicted octanol–water partition coefficient (Wildman–Crippen LogP) is 4.53. The molecule has 9 nitrogen and oxygen atoms in total. The summed E-state index contributed by atoms with van der Waals surface area (Å²) in [5, 5.41) is 6.61. The molecule has 3 heterocycles.